The van der Waals surface area contributed by atoms with E-state index in [1.54, 1.807) is 0 Å². The molecule has 0 aliphatic heterocycles. The second-order valence-corrected chi connectivity index (χ2v) is 5.34. The van der Waals surface area contributed by atoms with Gasteiger partial charge in [0.05, 0.1) is 0 Å². The summed E-state index contributed by atoms with van der Waals surface area (Å²) >= 11 is 0. The summed E-state index contributed by atoms with van der Waals surface area (Å²) in [6, 6.07) is 0.699. The summed E-state index contributed by atoms with van der Waals surface area (Å²) in [6.07, 6.45) is 8.21. The lowest BCUT2D eigenvalue weighted by Crippen LogP contribution is -2.18. The van der Waals surface area contributed by atoms with Crippen LogP contribution in [-0.2, 0) is 0 Å². The fraction of sp³-hybridized carbons (Fsp3) is 0.714. The molecule has 2 aliphatic rings. The molecule has 0 saturated heterocycles. The van der Waals surface area contributed by atoms with Gasteiger partial charge in [-0.3, -0.25) is 0 Å². The van der Waals surface area contributed by atoms with Crippen LogP contribution in [0.25, 0.3) is 0 Å². The highest BCUT2D eigenvalue weighted by atomic mass is 15.0. The van der Waals surface area contributed by atoms with Crippen LogP contribution in [0.2, 0.25) is 0 Å². The molecule has 0 amide bonds. The normalized spacial score (nSPS) is 22.2. The first-order chi connectivity index (χ1) is 7.16. The Balaban J connectivity index is 1.69. The summed E-state index contributed by atoms with van der Waals surface area (Å²) in [4.78, 5) is 0. The van der Waals surface area contributed by atoms with Crippen LogP contribution in [0.5, 0.6) is 0 Å². The largest absolute Gasteiger partial charge is 0.383 e. The van der Waals surface area contributed by atoms with Gasteiger partial charge in [0.2, 0.25) is 0 Å². The van der Waals surface area contributed by atoms with Crippen LogP contribution >= 0.6 is 0 Å². The monoisotopic (exact) mass is 205 g/mol. The lowest BCUT2D eigenvalue weighted by molar-refractivity contribution is 0.546. The molecule has 0 aromatic rings. The van der Waals surface area contributed by atoms with Gasteiger partial charge in [-0.25, -0.2) is 0 Å². The minimum atomic E-state index is 0.601. The second kappa shape index (κ2) is 4.42. The second-order valence-electron chi connectivity index (χ2n) is 5.34. The van der Waals surface area contributed by atoms with E-state index in [9.17, 15) is 0 Å². The Hall–Kier alpha value is -0.720. The summed E-state index contributed by atoms with van der Waals surface area (Å²) in [5.41, 5.74) is 2.31. The standard InChI is InChI=1S/C14H23N/c1-10(4-5-13-6-7-13)11(2)12(3)15-14-8-9-14/h10,13-15H,2-9H2,1H3. The Bertz CT molecular complexity index is 259. The first-order valence-electron chi connectivity index (χ1n) is 6.31. The van der Waals surface area contributed by atoms with Crippen LogP contribution in [-0.4, -0.2) is 6.04 Å². The molecule has 0 spiro atoms. The van der Waals surface area contributed by atoms with Crippen molar-refractivity contribution in [3.05, 3.63) is 24.4 Å². The molecule has 1 heteroatoms. The van der Waals surface area contributed by atoms with Gasteiger partial charge in [0.1, 0.15) is 0 Å². The zero-order valence-electron chi connectivity index (χ0n) is 9.89. The van der Waals surface area contributed by atoms with Crippen molar-refractivity contribution in [2.45, 2.75) is 51.5 Å². The van der Waals surface area contributed by atoms with Crippen LogP contribution < -0.4 is 5.32 Å². The van der Waals surface area contributed by atoms with Gasteiger partial charge in [-0.05, 0) is 43.1 Å². The predicted octanol–water partition coefficient (Wildman–Crippen LogP) is 3.63. The molecule has 1 N–H and O–H groups in total. The van der Waals surface area contributed by atoms with E-state index in [-0.39, 0.29) is 0 Å². The van der Waals surface area contributed by atoms with E-state index in [0.717, 1.165) is 11.6 Å². The molecule has 15 heavy (non-hydrogen) atoms. The molecule has 2 aliphatic carbocycles. The summed E-state index contributed by atoms with van der Waals surface area (Å²) in [7, 11) is 0. The Kier molecular flexibility index (Phi) is 3.18. The minimum absolute atomic E-state index is 0.601. The van der Waals surface area contributed by atoms with Crippen molar-refractivity contribution in [2.24, 2.45) is 11.8 Å². The molecule has 0 heterocycles. The zero-order chi connectivity index (χ0) is 10.8. The SMILES string of the molecule is C=C(NC1CC1)C(=C)C(C)CCC1CC1. The highest BCUT2D eigenvalue weighted by Gasteiger charge is 2.24. The van der Waals surface area contributed by atoms with Crippen LogP contribution in [0.4, 0.5) is 0 Å². The van der Waals surface area contributed by atoms with Gasteiger partial charge < -0.3 is 5.32 Å². The number of hydrogen-bond donors (Lipinski definition) is 1. The van der Waals surface area contributed by atoms with E-state index < -0.39 is 0 Å². The molecule has 0 radical (unpaired) electrons. The van der Waals surface area contributed by atoms with Crippen molar-refractivity contribution in [1.29, 1.82) is 0 Å². The number of nitrogens with one attached hydrogen (secondary N) is 1. The molecule has 0 bridgehead atoms. The summed E-state index contributed by atoms with van der Waals surface area (Å²) in [6.45, 7) is 10.5. The van der Waals surface area contributed by atoms with Crippen LogP contribution in [0, 0.1) is 11.8 Å². The average Bonchev–Trinajstić information content (AvgIpc) is 3.06. The Morgan fingerprint density at radius 2 is 1.93 bits per heavy atom. The van der Waals surface area contributed by atoms with E-state index in [1.807, 2.05) is 0 Å². The third-order valence-corrected chi connectivity index (χ3v) is 3.64. The van der Waals surface area contributed by atoms with Gasteiger partial charge in [-0.1, -0.05) is 32.9 Å². The predicted molar refractivity (Wildman–Crippen MR) is 65.6 cm³/mol. The molecule has 2 fully saturated rings. The first-order valence-corrected chi connectivity index (χ1v) is 6.31. The number of hydrogen-bond acceptors (Lipinski definition) is 1. The highest BCUT2D eigenvalue weighted by Crippen LogP contribution is 2.36. The van der Waals surface area contributed by atoms with Gasteiger partial charge in [-0.2, -0.15) is 0 Å². The van der Waals surface area contributed by atoms with Crippen LogP contribution in [0.3, 0.4) is 0 Å². The van der Waals surface area contributed by atoms with E-state index in [2.05, 4.69) is 25.4 Å². The number of allylic oxidation sites excluding steroid dienone is 1. The van der Waals surface area contributed by atoms with Gasteiger partial charge in [0, 0.05) is 11.7 Å². The fourth-order valence-electron chi connectivity index (χ4n) is 1.93. The molecule has 0 aromatic carbocycles. The molecule has 0 aromatic heterocycles. The zero-order valence-corrected chi connectivity index (χ0v) is 9.89. The van der Waals surface area contributed by atoms with E-state index in [0.29, 0.717) is 12.0 Å². The Morgan fingerprint density at radius 3 is 2.47 bits per heavy atom. The third-order valence-electron chi connectivity index (χ3n) is 3.64. The summed E-state index contributed by atoms with van der Waals surface area (Å²) in [5.74, 6) is 1.63. The third kappa shape index (κ3) is 3.40. The fourth-order valence-corrected chi connectivity index (χ4v) is 1.93. The van der Waals surface area contributed by atoms with Crippen LogP contribution in [0.15, 0.2) is 24.4 Å². The molecular formula is C14H23N. The molecule has 2 rings (SSSR count). The maximum absolute atomic E-state index is 4.17. The van der Waals surface area contributed by atoms with Gasteiger partial charge in [0.15, 0.2) is 0 Å². The summed E-state index contributed by atoms with van der Waals surface area (Å²) in [5, 5.41) is 3.44. The Labute approximate surface area is 93.6 Å². The Morgan fingerprint density at radius 1 is 1.27 bits per heavy atom. The van der Waals surface area contributed by atoms with E-state index in [4.69, 9.17) is 0 Å². The number of rotatable bonds is 7. The topological polar surface area (TPSA) is 12.0 Å². The van der Waals surface area contributed by atoms with Crippen LogP contribution in [0.1, 0.15) is 45.4 Å². The molecule has 84 valence electrons. The van der Waals surface area contributed by atoms with E-state index in [1.165, 1.54) is 44.1 Å². The van der Waals surface area contributed by atoms with Gasteiger partial charge in [-0.15, -0.1) is 0 Å². The summed E-state index contributed by atoms with van der Waals surface area (Å²) < 4.78 is 0. The molecule has 1 atom stereocenters. The first kappa shape index (κ1) is 10.8. The minimum Gasteiger partial charge on any atom is -0.383 e. The van der Waals surface area contributed by atoms with Gasteiger partial charge >= 0.3 is 0 Å². The van der Waals surface area contributed by atoms with Crippen molar-refractivity contribution in [2.75, 3.05) is 0 Å². The van der Waals surface area contributed by atoms with Crippen molar-refractivity contribution in [3.8, 4) is 0 Å². The van der Waals surface area contributed by atoms with Gasteiger partial charge in [0.25, 0.3) is 0 Å². The lowest BCUT2D eigenvalue weighted by atomic mass is 9.94. The van der Waals surface area contributed by atoms with Crippen molar-refractivity contribution >= 4 is 0 Å². The van der Waals surface area contributed by atoms with Crippen molar-refractivity contribution in [3.63, 3.8) is 0 Å². The van der Waals surface area contributed by atoms with Crippen molar-refractivity contribution in [1.82, 2.24) is 5.32 Å². The van der Waals surface area contributed by atoms with Crippen molar-refractivity contribution < 1.29 is 0 Å². The highest BCUT2D eigenvalue weighted by molar-refractivity contribution is 5.26. The maximum Gasteiger partial charge on any atom is 0.0298 e. The van der Waals surface area contributed by atoms with E-state index >= 15 is 0 Å². The molecule has 1 unspecified atom stereocenters. The average molecular weight is 205 g/mol. The smallest absolute Gasteiger partial charge is 0.0298 e. The molecular weight excluding hydrogens is 182 g/mol. The molecule has 2 saturated carbocycles. The maximum atomic E-state index is 4.17. The quantitative estimate of drug-likeness (QED) is 0.626. The molecule has 1 nitrogen and oxygen atoms in total. The lowest BCUT2D eigenvalue weighted by Gasteiger charge is -2.18.